The maximum absolute atomic E-state index is 12.6. The number of methoxy groups -OCH3 is 1. The second-order valence-electron chi connectivity index (χ2n) is 10.6. The standard InChI is InChI=1S/C29H47I4N3O3/c1-11-21(32)20(26(29(37)38)23(14-30)39-10)13-22(35-8)25(28(34)36-9)19(18(7)31)12-17(6)24(15(2)3)27(33)16(4)5/h11,16,18-27,34-35H,1-2,6,9,12-14H2,3-5,7-8,10H3,(H,37,38). The van der Waals surface area contributed by atoms with Gasteiger partial charge in [-0.3, -0.25) is 10.2 Å². The van der Waals surface area contributed by atoms with Crippen LogP contribution in [0.15, 0.2) is 42.0 Å². The van der Waals surface area contributed by atoms with Gasteiger partial charge in [-0.05, 0) is 51.3 Å². The molecule has 0 radical (unpaired) electrons. The number of carboxylic acids is 1. The summed E-state index contributed by atoms with van der Waals surface area (Å²) in [4.78, 5) is 16.7. The Kier molecular flexibility index (Phi) is 20.4. The SMILES string of the molecule is C=CC(I)C(CC(NC)C(C(=N)N=C)C(CC(=C)C(C(=C)C)C(I)C(C)C)C(C)I)C(C(=O)O)C(CI)OC. The summed E-state index contributed by atoms with van der Waals surface area (Å²) in [5.74, 6) is -1.29. The number of amidine groups is 1. The number of hydrogen-bond donors (Lipinski definition) is 3. The summed E-state index contributed by atoms with van der Waals surface area (Å²) in [6.45, 7) is 25.2. The van der Waals surface area contributed by atoms with E-state index in [1.807, 2.05) is 13.1 Å². The van der Waals surface area contributed by atoms with Crippen LogP contribution in [0.5, 0.6) is 0 Å². The first-order chi connectivity index (χ1) is 18.1. The molecular weight excluding hydrogens is 946 g/mol. The molecule has 0 aromatic heterocycles. The van der Waals surface area contributed by atoms with E-state index in [9.17, 15) is 9.90 Å². The molecule has 0 bridgehead atoms. The Hall–Kier alpha value is 0.870. The first-order valence-corrected chi connectivity index (χ1v) is 18.3. The fourth-order valence-electron chi connectivity index (χ4n) is 5.34. The van der Waals surface area contributed by atoms with Gasteiger partial charge in [0, 0.05) is 41.2 Å². The Morgan fingerprint density at radius 1 is 1.15 bits per heavy atom. The molecule has 10 atom stereocenters. The molecule has 0 rings (SSSR count). The van der Waals surface area contributed by atoms with Gasteiger partial charge in [0.25, 0.3) is 0 Å². The highest BCUT2D eigenvalue weighted by Gasteiger charge is 2.43. The molecule has 0 aromatic carbocycles. The number of ether oxygens (including phenoxy) is 1. The van der Waals surface area contributed by atoms with Crippen LogP contribution in [0.2, 0.25) is 0 Å². The van der Waals surface area contributed by atoms with Gasteiger partial charge in [-0.1, -0.05) is 142 Å². The summed E-state index contributed by atoms with van der Waals surface area (Å²) in [7, 11) is 3.44. The van der Waals surface area contributed by atoms with Gasteiger partial charge in [0.05, 0.1) is 12.0 Å². The third kappa shape index (κ3) is 11.8. The number of nitrogens with one attached hydrogen (secondary N) is 2. The van der Waals surface area contributed by atoms with Gasteiger partial charge in [-0.2, -0.15) is 0 Å². The van der Waals surface area contributed by atoms with Gasteiger partial charge in [-0.15, -0.1) is 6.58 Å². The summed E-state index contributed by atoms with van der Waals surface area (Å²) in [5.41, 5.74) is 2.21. The van der Waals surface area contributed by atoms with Gasteiger partial charge in [0.15, 0.2) is 0 Å². The van der Waals surface area contributed by atoms with Crippen LogP contribution in [-0.4, -0.2) is 66.1 Å². The Morgan fingerprint density at radius 3 is 2.05 bits per heavy atom. The second kappa shape index (κ2) is 19.9. The molecule has 10 heteroatoms. The Bertz CT molecular complexity index is 848. The molecule has 39 heavy (non-hydrogen) atoms. The molecule has 0 spiro atoms. The molecule has 0 aliphatic heterocycles. The Balaban J connectivity index is 6.68. The lowest BCUT2D eigenvalue weighted by atomic mass is 9.72. The molecule has 6 nitrogen and oxygen atoms in total. The van der Waals surface area contributed by atoms with Gasteiger partial charge in [0.2, 0.25) is 0 Å². The molecule has 0 aliphatic carbocycles. The highest BCUT2D eigenvalue weighted by atomic mass is 127. The first-order valence-electron chi connectivity index (χ1n) is 13.1. The normalized spacial score (nSPS) is 19.5. The van der Waals surface area contributed by atoms with Crippen LogP contribution >= 0.6 is 90.4 Å². The lowest BCUT2D eigenvalue weighted by molar-refractivity contribution is -0.149. The van der Waals surface area contributed by atoms with Crippen LogP contribution in [-0.2, 0) is 9.53 Å². The van der Waals surface area contributed by atoms with Crippen molar-refractivity contribution >= 4 is 109 Å². The van der Waals surface area contributed by atoms with Crippen LogP contribution in [0.4, 0.5) is 0 Å². The number of hydrogen-bond acceptors (Lipinski definition) is 4. The maximum Gasteiger partial charge on any atom is 0.309 e. The van der Waals surface area contributed by atoms with Crippen LogP contribution in [0, 0.1) is 40.9 Å². The quantitative estimate of drug-likeness (QED) is 0.0379. The van der Waals surface area contributed by atoms with Crippen LogP contribution in [0.25, 0.3) is 0 Å². The number of carboxylic acid groups (broad SMARTS) is 1. The van der Waals surface area contributed by atoms with E-state index < -0.39 is 18.0 Å². The van der Waals surface area contributed by atoms with E-state index >= 15 is 0 Å². The molecule has 224 valence electrons. The fraction of sp³-hybridized carbons (Fsp3) is 0.690. The Labute approximate surface area is 291 Å². The molecule has 0 amide bonds. The van der Waals surface area contributed by atoms with Gasteiger partial charge in [0.1, 0.15) is 5.84 Å². The van der Waals surface area contributed by atoms with E-state index in [1.54, 1.807) is 7.11 Å². The van der Waals surface area contributed by atoms with E-state index in [1.165, 1.54) is 0 Å². The van der Waals surface area contributed by atoms with Crippen molar-refractivity contribution in [3.05, 3.63) is 37.0 Å². The number of aliphatic imine (C=N–C) groups is 1. The largest absolute Gasteiger partial charge is 0.481 e. The number of alkyl halides is 4. The fourth-order valence-corrected chi connectivity index (χ4v) is 8.81. The molecule has 0 saturated heterocycles. The first kappa shape index (κ1) is 39.9. The zero-order valence-electron chi connectivity index (χ0n) is 24.1. The number of allylic oxidation sites excluding steroid dienone is 3. The molecule has 0 aliphatic rings. The van der Waals surface area contributed by atoms with E-state index in [0.717, 1.165) is 11.1 Å². The monoisotopic (exact) mass is 993 g/mol. The third-order valence-corrected chi connectivity index (χ3v) is 12.9. The lowest BCUT2D eigenvalue weighted by Crippen LogP contribution is -2.49. The van der Waals surface area contributed by atoms with E-state index in [0.29, 0.717) is 27.1 Å². The summed E-state index contributed by atoms with van der Waals surface area (Å²) in [5, 5.41) is 22.6. The van der Waals surface area contributed by atoms with Crippen molar-refractivity contribution in [2.24, 2.45) is 40.5 Å². The van der Waals surface area contributed by atoms with Crippen LogP contribution in [0.3, 0.4) is 0 Å². The van der Waals surface area contributed by atoms with Gasteiger partial charge >= 0.3 is 5.97 Å². The number of aliphatic carboxylic acids is 1. The molecule has 0 fully saturated rings. The van der Waals surface area contributed by atoms with Crippen molar-refractivity contribution in [1.82, 2.24) is 5.32 Å². The van der Waals surface area contributed by atoms with Crippen molar-refractivity contribution in [3.8, 4) is 0 Å². The topological polar surface area (TPSA) is 94.8 Å². The van der Waals surface area contributed by atoms with Crippen molar-refractivity contribution in [2.75, 3.05) is 18.6 Å². The summed E-state index contributed by atoms with van der Waals surface area (Å²) in [6, 6.07) is -0.211. The summed E-state index contributed by atoms with van der Waals surface area (Å²) >= 11 is 9.42. The Morgan fingerprint density at radius 2 is 1.72 bits per heavy atom. The van der Waals surface area contributed by atoms with Crippen molar-refractivity contribution in [3.63, 3.8) is 0 Å². The molecule has 3 N–H and O–H groups in total. The van der Waals surface area contributed by atoms with Crippen molar-refractivity contribution in [2.45, 2.75) is 64.5 Å². The third-order valence-electron chi connectivity index (χ3n) is 7.53. The molecule has 0 heterocycles. The minimum Gasteiger partial charge on any atom is -0.481 e. The minimum atomic E-state index is -0.881. The lowest BCUT2D eigenvalue weighted by Gasteiger charge is -2.40. The van der Waals surface area contributed by atoms with E-state index in [4.69, 9.17) is 10.1 Å². The van der Waals surface area contributed by atoms with Crippen molar-refractivity contribution in [1.29, 1.82) is 5.41 Å². The number of halogens is 4. The summed E-state index contributed by atoms with van der Waals surface area (Å²) < 4.78 is 6.65. The minimum absolute atomic E-state index is 0.0364. The second-order valence-corrected chi connectivity index (χ2v) is 16.3. The highest BCUT2D eigenvalue weighted by molar-refractivity contribution is 14.1. The van der Waals surface area contributed by atoms with Crippen LogP contribution in [0.1, 0.15) is 40.5 Å². The average Bonchev–Trinajstić information content (AvgIpc) is 2.87. The molecule has 0 saturated carbocycles. The molecule has 10 unspecified atom stereocenters. The zero-order chi connectivity index (χ0) is 30.6. The summed E-state index contributed by atoms with van der Waals surface area (Å²) in [6.07, 6.45) is 2.60. The van der Waals surface area contributed by atoms with E-state index in [-0.39, 0.29) is 43.4 Å². The van der Waals surface area contributed by atoms with Gasteiger partial charge < -0.3 is 15.2 Å². The highest BCUT2D eigenvalue weighted by Crippen LogP contribution is 2.41. The number of rotatable bonds is 20. The van der Waals surface area contributed by atoms with Crippen LogP contribution < -0.4 is 5.32 Å². The molecular formula is C29H47I4N3O3. The average molecular weight is 993 g/mol. The zero-order valence-corrected chi connectivity index (χ0v) is 32.7. The number of nitrogens with zero attached hydrogens (tertiary/aromatic N) is 1. The van der Waals surface area contributed by atoms with E-state index in [2.05, 4.69) is 155 Å². The predicted octanol–water partition coefficient (Wildman–Crippen LogP) is 8.05. The number of carbonyl (C=O) groups is 1. The van der Waals surface area contributed by atoms with Gasteiger partial charge in [-0.25, -0.2) is 4.99 Å². The van der Waals surface area contributed by atoms with Crippen molar-refractivity contribution < 1.29 is 14.6 Å². The maximum atomic E-state index is 12.6. The molecule has 0 aromatic rings. The predicted molar refractivity (Wildman–Crippen MR) is 202 cm³/mol. The smallest absolute Gasteiger partial charge is 0.309 e.